The second-order valence-electron chi connectivity index (χ2n) is 9.54. The molecule has 196 valence electrons. The predicted molar refractivity (Wildman–Crippen MR) is 137 cm³/mol. The van der Waals surface area contributed by atoms with Crippen molar-refractivity contribution in [3.8, 4) is 11.4 Å². The van der Waals surface area contributed by atoms with Crippen molar-refractivity contribution in [3.05, 3.63) is 71.7 Å². The zero-order valence-corrected chi connectivity index (χ0v) is 21.1. The quantitative estimate of drug-likeness (QED) is 0.380. The Kier molecular flexibility index (Phi) is 8.41. The lowest BCUT2D eigenvalue weighted by atomic mass is 9.84. The van der Waals surface area contributed by atoms with Gasteiger partial charge in [-0.3, -0.25) is 4.79 Å². The highest BCUT2D eigenvalue weighted by atomic mass is 19.4. The van der Waals surface area contributed by atoms with Crippen molar-refractivity contribution < 1.29 is 18.0 Å². The molecule has 4 rings (SSSR count). The lowest BCUT2D eigenvalue weighted by molar-refractivity contribution is -0.137. The zero-order chi connectivity index (χ0) is 26.4. The second-order valence-corrected chi connectivity index (χ2v) is 9.54. The standard InChI is InChI=1S/C28H32F3N5O/c1-3-4-7-20-8-5-15-36(24(20)18-35-25-12-10-21(17-34-25)28(29,30)31)27(37)23-16-19(2)9-11-22(23)26-32-13-6-14-33-26/h6,9-14,16-17,20,24H,3-5,7-8,15,18H2,1-2H3,(H,34,35). The van der Waals surface area contributed by atoms with Gasteiger partial charge in [-0.05, 0) is 56.4 Å². The van der Waals surface area contributed by atoms with Gasteiger partial charge in [0, 0.05) is 37.2 Å². The Morgan fingerprint density at radius 1 is 1.14 bits per heavy atom. The van der Waals surface area contributed by atoms with E-state index in [1.165, 1.54) is 6.07 Å². The van der Waals surface area contributed by atoms with E-state index in [0.717, 1.165) is 49.9 Å². The van der Waals surface area contributed by atoms with Gasteiger partial charge in [-0.25, -0.2) is 15.0 Å². The summed E-state index contributed by atoms with van der Waals surface area (Å²) in [5, 5.41) is 3.20. The number of anilines is 1. The smallest absolute Gasteiger partial charge is 0.368 e. The van der Waals surface area contributed by atoms with Crippen molar-refractivity contribution in [2.75, 3.05) is 18.4 Å². The summed E-state index contributed by atoms with van der Waals surface area (Å²) in [7, 11) is 0. The fourth-order valence-electron chi connectivity index (χ4n) is 4.97. The number of alkyl halides is 3. The Hall–Kier alpha value is -3.49. The van der Waals surface area contributed by atoms with Crippen LogP contribution in [0.15, 0.2) is 55.0 Å². The molecule has 1 aliphatic rings. The van der Waals surface area contributed by atoms with Crippen molar-refractivity contribution in [1.29, 1.82) is 0 Å². The third kappa shape index (κ3) is 6.45. The van der Waals surface area contributed by atoms with Gasteiger partial charge < -0.3 is 10.2 Å². The number of aromatic nitrogens is 3. The van der Waals surface area contributed by atoms with Crippen LogP contribution in [0.5, 0.6) is 0 Å². The average Bonchev–Trinajstić information content (AvgIpc) is 2.90. The molecular formula is C28H32F3N5O. The normalized spacial score (nSPS) is 18.0. The number of carbonyl (C=O) groups excluding carboxylic acids is 1. The lowest BCUT2D eigenvalue weighted by Crippen LogP contribution is -2.51. The first-order valence-corrected chi connectivity index (χ1v) is 12.7. The van der Waals surface area contributed by atoms with Crippen LogP contribution in [0, 0.1) is 12.8 Å². The Bertz CT molecular complexity index is 1180. The third-order valence-corrected chi connectivity index (χ3v) is 6.90. The second kappa shape index (κ2) is 11.7. The number of piperidine rings is 1. The van der Waals surface area contributed by atoms with E-state index in [2.05, 4.69) is 27.2 Å². The molecule has 0 bridgehead atoms. The van der Waals surface area contributed by atoms with Crippen LogP contribution in [0.3, 0.4) is 0 Å². The van der Waals surface area contributed by atoms with Crippen LogP contribution >= 0.6 is 0 Å². The molecule has 3 heterocycles. The molecule has 0 aliphatic carbocycles. The molecule has 1 saturated heterocycles. The molecule has 3 aromatic rings. The number of likely N-dealkylation sites (tertiary alicyclic amines) is 1. The van der Waals surface area contributed by atoms with Crippen molar-refractivity contribution >= 4 is 11.7 Å². The van der Waals surface area contributed by atoms with Crippen LogP contribution in [0.1, 0.15) is 60.5 Å². The number of rotatable bonds is 8. The topological polar surface area (TPSA) is 71.0 Å². The number of nitrogens with one attached hydrogen (secondary N) is 1. The summed E-state index contributed by atoms with van der Waals surface area (Å²) in [6.07, 6.45) is 4.70. The molecule has 2 aromatic heterocycles. The molecule has 1 fully saturated rings. The number of hydrogen-bond acceptors (Lipinski definition) is 5. The third-order valence-electron chi connectivity index (χ3n) is 6.90. The SMILES string of the molecule is CCCCC1CCCN(C(=O)c2cc(C)ccc2-c2ncccn2)C1CNc1ccc(C(F)(F)F)cn1. The molecule has 1 N–H and O–H groups in total. The van der Waals surface area contributed by atoms with Crippen LogP contribution in [0.4, 0.5) is 19.0 Å². The summed E-state index contributed by atoms with van der Waals surface area (Å²) in [6.45, 7) is 5.10. The minimum atomic E-state index is -4.43. The van der Waals surface area contributed by atoms with Crippen molar-refractivity contribution in [1.82, 2.24) is 19.9 Å². The van der Waals surface area contributed by atoms with Crippen molar-refractivity contribution in [2.24, 2.45) is 5.92 Å². The van der Waals surface area contributed by atoms with E-state index < -0.39 is 11.7 Å². The lowest BCUT2D eigenvalue weighted by Gasteiger charge is -2.42. The monoisotopic (exact) mass is 511 g/mol. The first-order valence-electron chi connectivity index (χ1n) is 12.7. The maximum Gasteiger partial charge on any atom is 0.417 e. The number of halogens is 3. The van der Waals surface area contributed by atoms with Gasteiger partial charge in [-0.15, -0.1) is 0 Å². The van der Waals surface area contributed by atoms with Crippen LogP contribution in [-0.2, 0) is 6.18 Å². The number of nitrogens with zero attached hydrogens (tertiary/aromatic N) is 4. The van der Waals surface area contributed by atoms with Gasteiger partial charge in [-0.2, -0.15) is 13.2 Å². The van der Waals surface area contributed by atoms with Gasteiger partial charge in [-0.1, -0.05) is 37.5 Å². The van der Waals surface area contributed by atoms with E-state index in [-0.39, 0.29) is 17.9 Å². The number of benzene rings is 1. The summed E-state index contributed by atoms with van der Waals surface area (Å²) in [5.74, 6) is 1.04. The van der Waals surface area contributed by atoms with Gasteiger partial charge in [0.2, 0.25) is 0 Å². The highest BCUT2D eigenvalue weighted by molar-refractivity contribution is 6.00. The maximum absolute atomic E-state index is 14.0. The van der Waals surface area contributed by atoms with Gasteiger partial charge >= 0.3 is 6.18 Å². The number of amides is 1. The maximum atomic E-state index is 14.0. The van der Waals surface area contributed by atoms with Crippen LogP contribution in [0.2, 0.25) is 0 Å². The summed E-state index contributed by atoms with van der Waals surface area (Å²) in [5.41, 5.74) is 1.41. The van der Waals surface area contributed by atoms with Gasteiger partial charge in [0.05, 0.1) is 17.2 Å². The van der Waals surface area contributed by atoms with Gasteiger partial charge in [0.15, 0.2) is 5.82 Å². The minimum absolute atomic E-state index is 0.0838. The molecule has 0 radical (unpaired) electrons. The Morgan fingerprint density at radius 2 is 1.92 bits per heavy atom. The number of carbonyl (C=O) groups is 1. The molecule has 0 spiro atoms. The Balaban J connectivity index is 1.61. The van der Waals surface area contributed by atoms with Crippen LogP contribution in [0.25, 0.3) is 11.4 Å². The van der Waals surface area contributed by atoms with E-state index in [4.69, 9.17) is 0 Å². The molecule has 1 aliphatic heterocycles. The summed E-state index contributed by atoms with van der Waals surface area (Å²) in [4.78, 5) is 28.6. The number of unbranched alkanes of at least 4 members (excludes halogenated alkanes) is 1. The highest BCUT2D eigenvalue weighted by Crippen LogP contribution is 2.32. The summed E-state index contributed by atoms with van der Waals surface area (Å²) < 4.78 is 38.8. The number of pyridine rings is 1. The number of hydrogen-bond donors (Lipinski definition) is 1. The molecule has 6 nitrogen and oxygen atoms in total. The van der Waals surface area contributed by atoms with Gasteiger partial charge in [0.25, 0.3) is 5.91 Å². The van der Waals surface area contributed by atoms with E-state index in [9.17, 15) is 18.0 Å². The molecule has 9 heteroatoms. The molecule has 2 atom stereocenters. The molecule has 0 saturated carbocycles. The van der Waals surface area contributed by atoms with Crippen molar-refractivity contribution in [3.63, 3.8) is 0 Å². The predicted octanol–water partition coefficient (Wildman–Crippen LogP) is 6.39. The number of aryl methyl sites for hydroxylation is 1. The molecule has 37 heavy (non-hydrogen) atoms. The Labute approximate surface area is 215 Å². The molecular weight excluding hydrogens is 479 g/mol. The van der Waals surface area contributed by atoms with E-state index >= 15 is 0 Å². The molecule has 1 aromatic carbocycles. The van der Waals surface area contributed by atoms with Gasteiger partial charge in [0.1, 0.15) is 5.82 Å². The molecule has 2 unspecified atom stereocenters. The fraction of sp³-hybridized carbons (Fsp3) is 0.429. The fourth-order valence-corrected chi connectivity index (χ4v) is 4.97. The zero-order valence-electron chi connectivity index (χ0n) is 21.1. The van der Waals surface area contributed by atoms with E-state index in [1.54, 1.807) is 18.5 Å². The average molecular weight is 512 g/mol. The van der Waals surface area contributed by atoms with Crippen LogP contribution in [-0.4, -0.2) is 44.9 Å². The van der Waals surface area contributed by atoms with E-state index in [1.807, 2.05) is 30.0 Å². The highest BCUT2D eigenvalue weighted by Gasteiger charge is 2.35. The first kappa shape index (κ1) is 26.6. The van der Waals surface area contributed by atoms with E-state index in [0.29, 0.717) is 35.9 Å². The minimum Gasteiger partial charge on any atom is -0.368 e. The van der Waals surface area contributed by atoms with Crippen molar-refractivity contribution in [2.45, 2.75) is 58.2 Å². The largest absolute Gasteiger partial charge is 0.417 e. The molecule has 1 amide bonds. The summed E-state index contributed by atoms with van der Waals surface area (Å²) >= 11 is 0. The summed E-state index contributed by atoms with van der Waals surface area (Å²) in [6, 6.07) is 9.68. The first-order chi connectivity index (χ1) is 17.8. The van der Waals surface area contributed by atoms with Crippen LogP contribution < -0.4 is 5.32 Å². The Morgan fingerprint density at radius 3 is 2.59 bits per heavy atom.